The Morgan fingerprint density at radius 2 is 2.13 bits per heavy atom. The first kappa shape index (κ1) is 19.3. The minimum Gasteiger partial charge on any atom is -0.508 e. The van der Waals surface area contributed by atoms with Gasteiger partial charge in [-0.05, 0) is 30.4 Å². The molecule has 0 spiro atoms. The summed E-state index contributed by atoms with van der Waals surface area (Å²) in [6, 6.07) is 2.22. The van der Waals surface area contributed by atoms with Crippen molar-refractivity contribution < 1.29 is 19.4 Å². The van der Waals surface area contributed by atoms with E-state index in [0.717, 1.165) is 11.3 Å². The van der Waals surface area contributed by atoms with Gasteiger partial charge in [-0.3, -0.25) is 4.79 Å². The number of allylic oxidation sites excluding steroid dienone is 1. The van der Waals surface area contributed by atoms with Crippen molar-refractivity contribution in [3.05, 3.63) is 45.8 Å². The van der Waals surface area contributed by atoms with E-state index in [4.69, 9.17) is 0 Å². The number of hydrogen-bond donors (Lipinski definition) is 4. The molecular formula is C20H17FN6O3S. The van der Waals surface area contributed by atoms with Crippen molar-refractivity contribution >= 4 is 34.2 Å². The molecule has 1 amide bonds. The van der Waals surface area contributed by atoms with Crippen LogP contribution in [0, 0.1) is 28.3 Å². The summed E-state index contributed by atoms with van der Waals surface area (Å²) in [5, 5.41) is 26.3. The molecule has 0 saturated heterocycles. The number of thiophene rings is 1. The van der Waals surface area contributed by atoms with Gasteiger partial charge in [0.05, 0.1) is 11.2 Å². The van der Waals surface area contributed by atoms with Gasteiger partial charge in [0.2, 0.25) is 11.7 Å². The average Bonchev–Trinajstić information content (AvgIpc) is 3.02. The number of nitrogens with one attached hydrogen (secondary N) is 2. The van der Waals surface area contributed by atoms with Crippen molar-refractivity contribution in [2.75, 3.05) is 19.4 Å². The Kier molecular flexibility index (Phi) is 4.16. The van der Waals surface area contributed by atoms with E-state index < -0.39 is 11.5 Å². The first-order valence-electron chi connectivity index (χ1n) is 9.45. The zero-order valence-electron chi connectivity index (χ0n) is 16.5. The van der Waals surface area contributed by atoms with Crippen LogP contribution in [-0.4, -0.2) is 49.7 Å². The van der Waals surface area contributed by atoms with Crippen molar-refractivity contribution in [2.24, 2.45) is 11.3 Å². The first-order valence-corrected chi connectivity index (χ1v) is 10.3. The van der Waals surface area contributed by atoms with Gasteiger partial charge in [0.15, 0.2) is 27.9 Å². The highest BCUT2D eigenvalue weighted by atomic mass is 32.1. The maximum Gasteiger partial charge on any atom is 0.234 e. The van der Waals surface area contributed by atoms with Crippen molar-refractivity contribution in [1.29, 1.82) is 0 Å². The zero-order valence-corrected chi connectivity index (χ0v) is 17.3. The number of carbonyl (C=O) groups is 1. The molecule has 4 N–H and O–H groups in total. The highest BCUT2D eigenvalue weighted by molar-refractivity contribution is 7.10. The molecule has 3 aromatic heterocycles. The lowest BCUT2D eigenvalue weighted by molar-refractivity contribution is -0.125. The van der Waals surface area contributed by atoms with E-state index in [1.54, 1.807) is 17.7 Å². The topological polar surface area (TPSA) is 125 Å². The van der Waals surface area contributed by atoms with Crippen LogP contribution in [0.1, 0.15) is 23.2 Å². The number of aliphatic hydroxyl groups excluding tert-OH is 2. The summed E-state index contributed by atoms with van der Waals surface area (Å²) >= 11 is 0.923. The molecule has 3 atom stereocenters. The van der Waals surface area contributed by atoms with Crippen LogP contribution in [0.2, 0.25) is 0 Å². The largest absolute Gasteiger partial charge is 0.508 e. The second-order valence-corrected chi connectivity index (χ2v) is 8.40. The SMILES string of the molecule is CNC(=O)C12CC1[C@@H](n1cnc3c(NC)nc(C#Cc4ccc(F)s4)nc31)C(O)=C2O. The van der Waals surface area contributed by atoms with E-state index in [-0.39, 0.29) is 34.3 Å². The normalized spacial score (nSPS) is 24.0. The molecule has 3 aromatic rings. The molecule has 1 fully saturated rings. The Bertz CT molecular complexity index is 1340. The monoisotopic (exact) mass is 440 g/mol. The van der Waals surface area contributed by atoms with E-state index >= 15 is 0 Å². The third-order valence-electron chi connectivity index (χ3n) is 5.80. The minimum absolute atomic E-state index is 0.187. The number of imidazole rings is 1. The Balaban J connectivity index is 1.60. The number of anilines is 1. The van der Waals surface area contributed by atoms with Crippen LogP contribution in [-0.2, 0) is 4.79 Å². The van der Waals surface area contributed by atoms with E-state index in [0.29, 0.717) is 28.3 Å². The number of fused-ring (bicyclic) bond motifs is 2. The standard InChI is InChI=1S/C20H17FN6O3S/c1-22-17-13-18(26-12(25-17)6-4-9-3-5-11(21)31-9)27(8-24-13)14-10-7-20(10,19(30)23-2)16(29)15(14)28/h3,5,8,10,14,28-29H,7H2,1-2H3,(H,23,30)(H,22,25,26)/t10?,14-,20?/m1/s1. The Morgan fingerprint density at radius 1 is 1.32 bits per heavy atom. The number of nitrogens with zero attached hydrogens (tertiary/aromatic N) is 4. The van der Waals surface area contributed by atoms with Gasteiger partial charge in [-0.1, -0.05) is 11.3 Å². The summed E-state index contributed by atoms with van der Waals surface area (Å²) in [6.45, 7) is 0. The van der Waals surface area contributed by atoms with Gasteiger partial charge >= 0.3 is 0 Å². The fourth-order valence-corrected chi connectivity index (χ4v) is 4.85. The molecule has 1 saturated carbocycles. The van der Waals surface area contributed by atoms with Gasteiger partial charge in [0, 0.05) is 20.0 Å². The maximum absolute atomic E-state index is 13.2. The molecule has 2 unspecified atom stereocenters. The molecule has 0 bridgehead atoms. The Labute approximate surface area is 179 Å². The summed E-state index contributed by atoms with van der Waals surface area (Å²) < 4.78 is 14.8. The van der Waals surface area contributed by atoms with Crippen LogP contribution in [0.5, 0.6) is 0 Å². The van der Waals surface area contributed by atoms with Crippen LogP contribution in [0.15, 0.2) is 30.0 Å². The van der Waals surface area contributed by atoms with Gasteiger partial charge in [0.25, 0.3) is 0 Å². The molecule has 158 valence electrons. The number of carbonyl (C=O) groups excluding carboxylic acids is 1. The average molecular weight is 440 g/mol. The highest BCUT2D eigenvalue weighted by Crippen LogP contribution is 2.69. The number of rotatable bonds is 3. The number of hydrogen-bond acceptors (Lipinski definition) is 8. The van der Waals surface area contributed by atoms with Crippen LogP contribution in [0.25, 0.3) is 11.2 Å². The molecule has 31 heavy (non-hydrogen) atoms. The van der Waals surface area contributed by atoms with E-state index in [2.05, 4.69) is 37.4 Å². The summed E-state index contributed by atoms with van der Waals surface area (Å²) in [6.07, 6.45) is 1.91. The lowest BCUT2D eigenvalue weighted by atomic mass is 10.0. The van der Waals surface area contributed by atoms with Crippen molar-refractivity contribution in [3.63, 3.8) is 0 Å². The fraction of sp³-hybridized carbons (Fsp3) is 0.300. The van der Waals surface area contributed by atoms with Crippen molar-refractivity contribution in [2.45, 2.75) is 12.5 Å². The second kappa shape index (κ2) is 6.68. The number of amides is 1. The number of halogens is 1. The highest BCUT2D eigenvalue weighted by Gasteiger charge is 2.72. The third kappa shape index (κ3) is 2.68. The molecule has 0 aromatic carbocycles. The lowest BCUT2D eigenvalue weighted by Crippen LogP contribution is -2.30. The quantitative estimate of drug-likeness (QED) is 0.460. The zero-order chi connectivity index (χ0) is 21.9. The third-order valence-corrected chi connectivity index (χ3v) is 6.59. The summed E-state index contributed by atoms with van der Waals surface area (Å²) in [4.78, 5) is 26.1. The summed E-state index contributed by atoms with van der Waals surface area (Å²) in [5.74, 6) is 5.04. The van der Waals surface area contributed by atoms with Gasteiger partial charge in [0.1, 0.15) is 17.2 Å². The van der Waals surface area contributed by atoms with Gasteiger partial charge in [-0.15, -0.1) is 0 Å². The van der Waals surface area contributed by atoms with Crippen molar-refractivity contribution in [1.82, 2.24) is 24.8 Å². The predicted molar refractivity (Wildman–Crippen MR) is 111 cm³/mol. The smallest absolute Gasteiger partial charge is 0.234 e. The van der Waals surface area contributed by atoms with Crippen LogP contribution < -0.4 is 10.6 Å². The molecule has 2 aliphatic rings. The number of aliphatic hydroxyl groups is 2. The van der Waals surface area contributed by atoms with E-state index in [1.165, 1.54) is 19.4 Å². The fourth-order valence-electron chi connectivity index (χ4n) is 4.27. The Hall–Kier alpha value is -3.65. The van der Waals surface area contributed by atoms with Gasteiger partial charge < -0.3 is 25.4 Å². The molecule has 3 heterocycles. The molecule has 0 aliphatic heterocycles. The summed E-state index contributed by atoms with van der Waals surface area (Å²) in [5.41, 5.74) is -0.268. The predicted octanol–water partition coefficient (Wildman–Crippen LogP) is 2.10. The molecule has 9 nitrogen and oxygen atoms in total. The molecular weight excluding hydrogens is 423 g/mol. The maximum atomic E-state index is 13.2. The minimum atomic E-state index is -1.12. The van der Waals surface area contributed by atoms with Crippen LogP contribution in [0.3, 0.4) is 0 Å². The summed E-state index contributed by atoms with van der Waals surface area (Å²) in [7, 11) is 3.18. The number of aromatic nitrogens is 4. The molecule has 11 heteroatoms. The van der Waals surface area contributed by atoms with Crippen molar-refractivity contribution in [3.8, 4) is 11.8 Å². The van der Waals surface area contributed by atoms with Gasteiger partial charge in [-0.25, -0.2) is 15.0 Å². The first-order chi connectivity index (χ1) is 14.9. The van der Waals surface area contributed by atoms with Gasteiger partial charge in [-0.2, -0.15) is 4.39 Å². The van der Waals surface area contributed by atoms with E-state index in [1.807, 2.05) is 0 Å². The second-order valence-electron chi connectivity index (χ2n) is 7.36. The van der Waals surface area contributed by atoms with Crippen LogP contribution >= 0.6 is 11.3 Å². The Morgan fingerprint density at radius 3 is 2.81 bits per heavy atom. The molecule has 5 rings (SSSR count). The lowest BCUT2D eigenvalue weighted by Gasteiger charge is -2.15. The molecule has 0 radical (unpaired) electrons. The van der Waals surface area contributed by atoms with Crippen LogP contribution in [0.4, 0.5) is 10.2 Å². The van der Waals surface area contributed by atoms with E-state index in [9.17, 15) is 19.4 Å². The molecule has 2 aliphatic carbocycles.